The summed E-state index contributed by atoms with van der Waals surface area (Å²) in [5, 5.41) is 5.61. The van der Waals surface area contributed by atoms with Gasteiger partial charge < -0.3 is 5.32 Å². The van der Waals surface area contributed by atoms with Crippen LogP contribution in [0.1, 0.15) is 25.8 Å². The van der Waals surface area contributed by atoms with Gasteiger partial charge in [-0.2, -0.15) is 0 Å². The topological polar surface area (TPSA) is 24.4 Å². The number of thioether (sulfide) groups is 1. The lowest BCUT2D eigenvalue weighted by Gasteiger charge is -2.09. The van der Waals surface area contributed by atoms with Crippen molar-refractivity contribution in [3.05, 3.63) is 27.7 Å². The van der Waals surface area contributed by atoms with Crippen LogP contribution >= 0.6 is 35.0 Å². The predicted octanol–water partition coefficient (Wildman–Crippen LogP) is 5.23. The van der Waals surface area contributed by atoms with E-state index < -0.39 is 0 Å². The average Bonchev–Trinajstić information content (AvgIpc) is 2.72. The summed E-state index contributed by atoms with van der Waals surface area (Å²) in [4.78, 5) is 4.68. The van der Waals surface area contributed by atoms with Gasteiger partial charge in [0.05, 0.1) is 16.8 Å². The Balaban J connectivity index is 2.08. The van der Waals surface area contributed by atoms with Gasteiger partial charge in [0.1, 0.15) is 0 Å². The Morgan fingerprint density at radius 3 is 2.79 bits per heavy atom. The first-order valence-electron chi connectivity index (χ1n) is 6.39. The number of aliphatic imine (C=N–C) groups is 1. The Kier molecular flexibility index (Phi) is 5.04. The van der Waals surface area contributed by atoms with Gasteiger partial charge in [0.25, 0.3) is 0 Å². The van der Waals surface area contributed by atoms with Crippen molar-refractivity contribution < 1.29 is 0 Å². The molecule has 2 rings (SSSR count). The third-order valence-electron chi connectivity index (χ3n) is 2.95. The van der Waals surface area contributed by atoms with Gasteiger partial charge in [0.15, 0.2) is 5.17 Å². The van der Waals surface area contributed by atoms with Crippen LogP contribution in [0.25, 0.3) is 0 Å². The number of hydrogen-bond donors (Lipinski definition) is 1. The smallest absolute Gasteiger partial charge is 0.161 e. The van der Waals surface area contributed by atoms with E-state index in [1.165, 1.54) is 0 Å². The number of nitrogens with one attached hydrogen (secondary N) is 1. The van der Waals surface area contributed by atoms with E-state index in [-0.39, 0.29) is 0 Å². The fourth-order valence-electron chi connectivity index (χ4n) is 2.01. The van der Waals surface area contributed by atoms with Gasteiger partial charge in [0.2, 0.25) is 0 Å². The molecule has 1 aliphatic rings. The SMILES string of the molecule is Cc1cc(Cl)c(NC2=NC(CC(C)C)CS2)cc1Cl. The minimum Gasteiger partial charge on any atom is -0.334 e. The van der Waals surface area contributed by atoms with E-state index in [0.717, 1.165) is 28.6 Å². The molecule has 1 unspecified atom stereocenters. The number of amidine groups is 1. The molecule has 0 fully saturated rings. The Bertz CT molecular complexity index is 500. The number of rotatable bonds is 3. The molecule has 0 saturated carbocycles. The minimum absolute atomic E-state index is 0.409. The molecule has 0 spiro atoms. The van der Waals surface area contributed by atoms with Crippen molar-refractivity contribution in [1.29, 1.82) is 0 Å². The van der Waals surface area contributed by atoms with Crippen molar-refractivity contribution in [2.75, 3.05) is 11.1 Å². The zero-order valence-electron chi connectivity index (χ0n) is 11.3. The fraction of sp³-hybridized carbons (Fsp3) is 0.500. The van der Waals surface area contributed by atoms with Crippen molar-refractivity contribution in [3.8, 4) is 0 Å². The van der Waals surface area contributed by atoms with Crippen LogP contribution in [0.5, 0.6) is 0 Å². The predicted molar refractivity (Wildman–Crippen MR) is 88.0 cm³/mol. The molecule has 19 heavy (non-hydrogen) atoms. The van der Waals surface area contributed by atoms with Crippen LogP contribution in [0, 0.1) is 12.8 Å². The molecule has 0 bridgehead atoms. The third kappa shape index (κ3) is 4.04. The van der Waals surface area contributed by atoms with E-state index in [0.29, 0.717) is 22.0 Å². The second-order valence-corrected chi connectivity index (χ2v) is 7.06. The van der Waals surface area contributed by atoms with Gasteiger partial charge in [-0.05, 0) is 37.0 Å². The number of hydrogen-bond acceptors (Lipinski definition) is 3. The van der Waals surface area contributed by atoms with Crippen molar-refractivity contribution in [3.63, 3.8) is 0 Å². The van der Waals surface area contributed by atoms with E-state index in [1.807, 2.05) is 19.1 Å². The number of benzene rings is 1. The van der Waals surface area contributed by atoms with Crippen LogP contribution in [0.3, 0.4) is 0 Å². The molecule has 1 aromatic rings. The van der Waals surface area contributed by atoms with Gasteiger partial charge in [-0.1, -0.05) is 48.8 Å². The van der Waals surface area contributed by atoms with E-state index in [2.05, 4.69) is 24.2 Å². The molecule has 1 atom stereocenters. The number of halogens is 2. The number of nitrogens with zero attached hydrogens (tertiary/aromatic N) is 1. The first kappa shape index (κ1) is 15.0. The Labute approximate surface area is 129 Å². The summed E-state index contributed by atoms with van der Waals surface area (Å²) < 4.78 is 0. The van der Waals surface area contributed by atoms with E-state index in [1.54, 1.807) is 11.8 Å². The second-order valence-electron chi connectivity index (χ2n) is 5.23. The van der Waals surface area contributed by atoms with Crippen molar-refractivity contribution in [2.24, 2.45) is 10.9 Å². The van der Waals surface area contributed by atoms with Crippen LogP contribution in [-0.2, 0) is 0 Å². The van der Waals surface area contributed by atoms with Gasteiger partial charge in [-0.3, -0.25) is 4.99 Å². The Morgan fingerprint density at radius 2 is 2.11 bits per heavy atom. The standard InChI is InChI=1S/C14H18Cl2N2S/c1-8(2)4-10-7-19-14(17-10)18-13-6-11(15)9(3)5-12(13)16/h5-6,8,10H,4,7H2,1-3H3,(H,17,18). The molecule has 0 saturated heterocycles. The zero-order valence-corrected chi connectivity index (χ0v) is 13.7. The highest BCUT2D eigenvalue weighted by molar-refractivity contribution is 8.14. The first-order valence-corrected chi connectivity index (χ1v) is 8.13. The van der Waals surface area contributed by atoms with Gasteiger partial charge >= 0.3 is 0 Å². The Morgan fingerprint density at radius 1 is 1.37 bits per heavy atom. The molecule has 5 heteroatoms. The number of anilines is 1. The minimum atomic E-state index is 0.409. The summed E-state index contributed by atoms with van der Waals surface area (Å²) in [7, 11) is 0. The molecule has 1 N–H and O–H groups in total. The van der Waals surface area contributed by atoms with E-state index in [4.69, 9.17) is 23.2 Å². The van der Waals surface area contributed by atoms with Crippen molar-refractivity contribution >= 4 is 45.8 Å². The maximum Gasteiger partial charge on any atom is 0.161 e. The molecule has 1 aromatic carbocycles. The van der Waals surface area contributed by atoms with E-state index >= 15 is 0 Å². The lowest BCUT2D eigenvalue weighted by Crippen LogP contribution is -2.08. The first-order chi connectivity index (χ1) is 8.95. The molecule has 104 valence electrons. The summed E-state index contributed by atoms with van der Waals surface area (Å²) in [6, 6.07) is 4.14. The molecular weight excluding hydrogens is 299 g/mol. The lowest BCUT2D eigenvalue weighted by atomic mass is 10.1. The molecule has 0 aromatic heterocycles. The molecule has 2 nitrogen and oxygen atoms in total. The van der Waals surface area contributed by atoms with Crippen LogP contribution in [-0.4, -0.2) is 17.0 Å². The maximum atomic E-state index is 6.22. The molecule has 0 aliphatic carbocycles. The lowest BCUT2D eigenvalue weighted by molar-refractivity contribution is 0.529. The third-order valence-corrected chi connectivity index (χ3v) is 4.70. The molecular formula is C14H18Cl2N2S. The van der Waals surface area contributed by atoms with Gasteiger partial charge in [-0.15, -0.1) is 0 Å². The van der Waals surface area contributed by atoms with Crippen LogP contribution < -0.4 is 5.32 Å². The normalized spacial score (nSPS) is 18.8. The van der Waals surface area contributed by atoms with Crippen LogP contribution in [0.15, 0.2) is 17.1 Å². The van der Waals surface area contributed by atoms with Crippen LogP contribution in [0.2, 0.25) is 10.0 Å². The maximum absolute atomic E-state index is 6.22. The quantitative estimate of drug-likeness (QED) is 0.825. The number of aryl methyl sites for hydroxylation is 1. The summed E-state index contributed by atoms with van der Waals surface area (Å²) >= 11 is 14.1. The molecule has 1 aliphatic heterocycles. The largest absolute Gasteiger partial charge is 0.334 e. The monoisotopic (exact) mass is 316 g/mol. The summed E-state index contributed by atoms with van der Waals surface area (Å²) in [6.45, 7) is 6.39. The summed E-state index contributed by atoms with van der Waals surface area (Å²) in [6.07, 6.45) is 1.13. The zero-order chi connectivity index (χ0) is 14.0. The van der Waals surface area contributed by atoms with Gasteiger partial charge in [0, 0.05) is 10.8 Å². The molecule has 0 amide bonds. The molecule has 1 heterocycles. The highest BCUT2D eigenvalue weighted by Crippen LogP contribution is 2.31. The summed E-state index contributed by atoms with van der Waals surface area (Å²) in [5.41, 5.74) is 1.81. The highest BCUT2D eigenvalue weighted by atomic mass is 35.5. The average molecular weight is 317 g/mol. The highest BCUT2D eigenvalue weighted by Gasteiger charge is 2.20. The van der Waals surface area contributed by atoms with E-state index in [9.17, 15) is 0 Å². The summed E-state index contributed by atoms with van der Waals surface area (Å²) in [5.74, 6) is 1.71. The van der Waals surface area contributed by atoms with Gasteiger partial charge in [-0.25, -0.2) is 0 Å². The van der Waals surface area contributed by atoms with Crippen molar-refractivity contribution in [1.82, 2.24) is 0 Å². The second kappa shape index (κ2) is 6.38. The van der Waals surface area contributed by atoms with Crippen molar-refractivity contribution in [2.45, 2.75) is 33.2 Å². The fourth-order valence-corrected chi connectivity index (χ4v) is 3.40. The Hall–Kier alpha value is -0.380. The molecule has 0 radical (unpaired) electrons. The van der Waals surface area contributed by atoms with Crippen LogP contribution in [0.4, 0.5) is 5.69 Å².